The molecule has 0 aliphatic heterocycles. The number of unbranched alkanes of at least 4 members (excludes halogenated alkanes) is 9. The summed E-state index contributed by atoms with van der Waals surface area (Å²) in [6, 6.07) is 0. The molecule has 0 atom stereocenters. The van der Waals surface area contributed by atoms with Gasteiger partial charge in [0.25, 0.3) is 0 Å². The topological polar surface area (TPSA) is 44.3 Å². The van der Waals surface area contributed by atoms with Gasteiger partial charge in [0.2, 0.25) is 6.33 Å². The summed E-state index contributed by atoms with van der Waals surface area (Å²) in [6.45, 7) is 5.79. The van der Waals surface area contributed by atoms with Gasteiger partial charge in [0.05, 0.1) is 33.0 Å². The van der Waals surface area contributed by atoms with Gasteiger partial charge in [-0.25, -0.2) is 9.13 Å². The normalized spacial score (nSPS) is 12.0. The number of hydrogen-bond acceptors (Lipinski definition) is 3. The average molecular weight is 388 g/mol. The lowest BCUT2D eigenvalue weighted by Crippen LogP contribution is -2.23. The van der Waals surface area contributed by atoms with Gasteiger partial charge in [-0.15, -0.1) is 0 Å². The highest BCUT2D eigenvalue weighted by Gasteiger charge is 2.22. The predicted octanol–water partition coefficient (Wildman–Crippen LogP) is 5.48. The molecule has 26 heavy (non-hydrogen) atoms. The Balaban J connectivity index is 1.87. The van der Waals surface area contributed by atoms with Crippen LogP contribution in [0.5, 0.6) is 0 Å². The molecule has 0 bridgehead atoms. The van der Waals surface area contributed by atoms with Crippen LogP contribution in [-0.4, -0.2) is 23.9 Å². The van der Waals surface area contributed by atoms with Crippen LogP contribution in [-0.2, 0) is 27.2 Å². The largest absolute Gasteiger partial charge is 0.330 e. The zero-order valence-electron chi connectivity index (χ0n) is 17.2. The van der Waals surface area contributed by atoms with Crippen LogP contribution in [0.2, 0.25) is 0 Å². The molecule has 152 valence electrons. The second kappa shape index (κ2) is 14.4. The fraction of sp³-hybridized carbons (Fsp3) is 0.850. The minimum absolute atomic E-state index is 0.460. The highest BCUT2D eigenvalue weighted by molar-refractivity contribution is 7.53. The third kappa shape index (κ3) is 11.2. The molecule has 1 rings (SSSR count). The van der Waals surface area contributed by atoms with Crippen molar-refractivity contribution >= 4 is 7.60 Å². The molecule has 1 aromatic heterocycles. The van der Waals surface area contributed by atoms with E-state index in [2.05, 4.69) is 34.9 Å². The molecule has 0 aliphatic carbocycles. The van der Waals surface area contributed by atoms with Crippen LogP contribution in [0, 0.1) is 0 Å². The summed E-state index contributed by atoms with van der Waals surface area (Å²) in [5.41, 5.74) is 0. The summed E-state index contributed by atoms with van der Waals surface area (Å²) in [7, 11) is -0.758. The van der Waals surface area contributed by atoms with Crippen LogP contribution >= 0.6 is 7.60 Å². The number of aromatic nitrogens is 2. The molecule has 5 nitrogen and oxygen atoms in total. The molecule has 0 saturated carbocycles. The number of hydrogen-bond donors (Lipinski definition) is 0. The van der Waals surface area contributed by atoms with Gasteiger partial charge >= 0.3 is 7.60 Å². The lowest BCUT2D eigenvalue weighted by Gasteiger charge is -2.16. The Morgan fingerprint density at radius 3 is 1.81 bits per heavy atom. The number of nitrogens with zero attached hydrogens (tertiary/aromatic N) is 2. The van der Waals surface area contributed by atoms with E-state index in [1.54, 1.807) is 0 Å². The fourth-order valence-electron chi connectivity index (χ4n) is 3.21. The summed E-state index contributed by atoms with van der Waals surface area (Å²) in [6.07, 6.45) is 19.5. The van der Waals surface area contributed by atoms with Gasteiger partial charge in [-0.2, -0.15) is 0 Å². The SMILES string of the molecule is CCOP(=O)(CCCCCCCCCCCCn1cc[n+](C)c1)OCC. The van der Waals surface area contributed by atoms with Crippen LogP contribution in [0.1, 0.15) is 78.1 Å². The van der Waals surface area contributed by atoms with Gasteiger partial charge in [0, 0.05) is 0 Å². The van der Waals surface area contributed by atoms with Crippen LogP contribution < -0.4 is 4.57 Å². The Hall–Kier alpha value is -0.640. The predicted molar refractivity (Wildman–Crippen MR) is 108 cm³/mol. The molecule has 0 radical (unpaired) electrons. The van der Waals surface area contributed by atoms with E-state index in [1.807, 2.05) is 13.8 Å². The van der Waals surface area contributed by atoms with E-state index in [-0.39, 0.29) is 0 Å². The Bertz CT molecular complexity index is 495. The highest BCUT2D eigenvalue weighted by atomic mass is 31.2. The van der Waals surface area contributed by atoms with E-state index in [9.17, 15) is 4.57 Å². The van der Waals surface area contributed by atoms with E-state index >= 15 is 0 Å². The summed E-state index contributed by atoms with van der Waals surface area (Å²) in [5.74, 6) is 0. The third-order valence-electron chi connectivity index (χ3n) is 4.57. The Morgan fingerprint density at radius 2 is 1.35 bits per heavy atom. The summed E-state index contributed by atoms with van der Waals surface area (Å²) >= 11 is 0. The molecular weight excluding hydrogens is 347 g/mol. The van der Waals surface area contributed by atoms with Crippen molar-refractivity contribution in [1.82, 2.24) is 4.57 Å². The molecule has 0 spiro atoms. The average Bonchev–Trinajstić information content (AvgIpc) is 3.01. The van der Waals surface area contributed by atoms with Gasteiger partial charge in [0.1, 0.15) is 12.4 Å². The summed E-state index contributed by atoms with van der Waals surface area (Å²) < 4.78 is 27.3. The first-order chi connectivity index (χ1) is 12.6. The Morgan fingerprint density at radius 1 is 0.846 bits per heavy atom. The minimum atomic E-state index is -2.82. The van der Waals surface area contributed by atoms with E-state index < -0.39 is 7.60 Å². The third-order valence-corrected chi connectivity index (χ3v) is 6.74. The van der Waals surface area contributed by atoms with Gasteiger partial charge in [-0.05, 0) is 33.1 Å². The first-order valence-electron chi connectivity index (χ1n) is 10.5. The van der Waals surface area contributed by atoms with Gasteiger partial charge in [-0.3, -0.25) is 4.57 Å². The highest BCUT2D eigenvalue weighted by Crippen LogP contribution is 2.48. The van der Waals surface area contributed by atoms with Crippen molar-refractivity contribution < 1.29 is 18.2 Å². The first kappa shape index (κ1) is 23.4. The van der Waals surface area contributed by atoms with E-state index in [0.717, 1.165) is 19.4 Å². The van der Waals surface area contributed by atoms with Crippen LogP contribution in [0.25, 0.3) is 0 Å². The van der Waals surface area contributed by atoms with E-state index in [4.69, 9.17) is 9.05 Å². The van der Waals surface area contributed by atoms with Crippen molar-refractivity contribution in [3.8, 4) is 0 Å². The molecule has 0 amide bonds. The maximum absolute atomic E-state index is 12.3. The van der Waals surface area contributed by atoms with Gasteiger partial charge < -0.3 is 9.05 Å². The monoisotopic (exact) mass is 387 g/mol. The smallest absolute Gasteiger partial charge is 0.309 e. The minimum Gasteiger partial charge on any atom is -0.309 e. The summed E-state index contributed by atoms with van der Waals surface area (Å²) in [5, 5.41) is 0. The van der Waals surface area contributed by atoms with Crippen molar-refractivity contribution in [1.29, 1.82) is 0 Å². The van der Waals surface area contributed by atoms with Crippen molar-refractivity contribution in [3.63, 3.8) is 0 Å². The van der Waals surface area contributed by atoms with Crippen molar-refractivity contribution in [2.24, 2.45) is 7.05 Å². The molecule has 0 fully saturated rings. The van der Waals surface area contributed by atoms with Crippen LogP contribution in [0.3, 0.4) is 0 Å². The van der Waals surface area contributed by atoms with Crippen LogP contribution in [0.4, 0.5) is 0 Å². The molecule has 0 aromatic carbocycles. The fourth-order valence-corrected chi connectivity index (χ4v) is 4.94. The van der Waals surface area contributed by atoms with Crippen molar-refractivity contribution in [2.45, 2.75) is 84.6 Å². The standard InChI is InChI=1S/C20H40N2O3P/c1-4-24-26(23,25-5-2)19-15-13-11-9-7-6-8-10-12-14-16-22-18-17-21(3)20-22/h17-18,20H,4-16,19H2,1-3H3/q+1. The molecular formula is C20H40N2O3P+. The summed E-state index contributed by atoms with van der Waals surface area (Å²) in [4.78, 5) is 0. The molecule has 6 heteroatoms. The van der Waals surface area contributed by atoms with Crippen molar-refractivity contribution in [2.75, 3.05) is 19.4 Å². The number of rotatable bonds is 17. The zero-order valence-corrected chi connectivity index (χ0v) is 18.1. The van der Waals surface area contributed by atoms with E-state index in [1.165, 1.54) is 51.4 Å². The molecule has 0 aliphatic rings. The molecule has 1 aromatic rings. The first-order valence-corrected chi connectivity index (χ1v) is 12.2. The van der Waals surface area contributed by atoms with Crippen LogP contribution in [0.15, 0.2) is 18.7 Å². The second-order valence-electron chi connectivity index (χ2n) is 7.02. The molecule has 1 heterocycles. The lowest BCUT2D eigenvalue weighted by atomic mass is 10.1. The maximum Gasteiger partial charge on any atom is 0.330 e. The Labute approximate surface area is 160 Å². The lowest BCUT2D eigenvalue weighted by molar-refractivity contribution is -0.671. The van der Waals surface area contributed by atoms with Gasteiger partial charge in [0.15, 0.2) is 0 Å². The van der Waals surface area contributed by atoms with Crippen molar-refractivity contribution in [3.05, 3.63) is 18.7 Å². The zero-order chi connectivity index (χ0) is 19.1. The number of aryl methyl sites for hydroxylation is 2. The second-order valence-corrected chi connectivity index (χ2v) is 9.21. The maximum atomic E-state index is 12.3. The Kier molecular flexibility index (Phi) is 13.0. The number of imidazole rings is 1. The quantitative estimate of drug-likeness (QED) is 0.202. The molecule has 0 N–H and O–H groups in total. The molecule has 0 unspecified atom stereocenters. The van der Waals surface area contributed by atoms with E-state index in [0.29, 0.717) is 19.4 Å². The molecule has 0 saturated heterocycles. The van der Waals surface area contributed by atoms with Gasteiger partial charge in [-0.1, -0.05) is 44.9 Å².